The second kappa shape index (κ2) is 15.5. The van der Waals surface area contributed by atoms with E-state index in [1.165, 1.54) is 11.3 Å². The van der Waals surface area contributed by atoms with Gasteiger partial charge in [0.15, 0.2) is 17.5 Å². The van der Waals surface area contributed by atoms with E-state index in [1.807, 2.05) is 109 Å². The summed E-state index contributed by atoms with van der Waals surface area (Å²) >= 11 is 1.24. The van der Waals surface area contributed by atoms with E-state index in [1.54, 1.807) is 0 Å². The minimum atomic E-state index is 0.0313. The Morgan fingerprint density at radius 1 is 0.267 bits per heavy atom. The highest BCUT2D eigenvalue weighted by atomic mass is 32.1. The van der Waals surface area contributed by atoms with Gasteiger partial charge in [-0.15, -0.1) is 38.7 Å². The first kappa shape index (κ1) is 39.9. The van der Waals surface area contributed by atoms with E-state index in [2.05, 4.69) is 0 Å². The predicted molar refractivity (Wildman–Crippen MR) is 265 cm³/mol. The Bertz CT molecular complexity index is 3060. The van der Waals surface area contributed by atoms with Crippen LogP contribution >= 0.6 is 11.3 Å². The van der Waals surface area contributed by atoms with Gasteiger partial charge in [0.2, 0.25) is 0 Å². The molecular weight excluding hydrogens is 734 g/mol. The summed E-state index contributed by atoms with van der Waals surface area (Å²) in [7, 11) is 72.9. The number of benzene rings is 7. The molecule has 9 rings (SSSR count). The second-order valence-corrected chi connectivity index (χ2v) is 15.4. The Kier molecular flexibility index (Phi) is 10.3. The zero-order chi connectivity index (χ0) is 42.1. The van der Waals surface area contributed by atoms with Gasteiger partial charge in [0.25, 0.3) is 0 Å². The van der Waals surface area contributed by atoms with Crippen LogP contribution in [0.1, 0.15) is 0 Å². The fourth-order valence-electron chi connectivity index (χ4n) is 7.60. The van der Waals surface area contributed by atoms with Crippen LogP contribution in [0.4, 0.5) is 0 Å². The largest absolute Gasteiger partial charge is 0.208 e. The Morgan fingerprint density at radius 2 is 0.617 bits per heavy atom. The van der Waals surface area contributed by atoms with E-state index in [0.29, 0.717) is 42.9 Å². The molecule has 2 aromatic heterocycles. The van der Waals surface area contributed by atoms with Crippen molar-refractivity contribution >= 4 is 178 Å². The zero-order valence-electron chi connectivity index (χ0n) is 32.0. The molecule has 15 heteroatoms. The summed E-state index contributed by atoms with van der Waals surface area (Å²) in [5.41, 5.74) is 7.52. The Morgan fingerprint density at radius 3 is 1.10 bits per heavy atom. The Hall–Kier alpha value is -5.52. The van der Waals surface area contributed by atoms with E-state index in [-0.39, 0.29) is 71.5 Å². The molecule has 9 aromatic rings. The fourth-order valence-corrected chi connectivity index (χ4v) is 8.95. The van der Waals surface area contributed by atoms with Crippen LogP contribution in [0.25, 0.3) is 87.7 Å². The average molecular weight is 752 g/mol. The van der Waals surface area contributed by atoms with Crippen molar-refractivity contribution in [3.05, 3.63) is 109 Å². The van der Waals surface area contributed by atoms with Crippen molar-refractivity contribution in [1.29, 1.82) is 0 Å². The van der Waals surface area contributed by atoms with E-state index in [4.69, 9.17) is 101 Å². The third kappa shape index (κ3) is 6.48. The summed E-state index contributed by atoms with van der Waals surface area (Å²) in [5, 5.41) is 0.931. The number of thiophene rings is 1. The summed E-state index contributed by atoms with van der Waals surface area (Å²) in [6, 6.07) is 36.1. The highest BCUT2D eigenvalue weighted by Crippen LogP contribution is 2.41. The number of fused-ring (bicyclic) bond motifs is 3. The standard InChI is InChI=1S/C45H18B11N3S/c46-30-26(31(47)36(52)38(54)35(30)51)28-32(48)34(50)29(25-27-33(49)37(53)39(55)40(56)42(27)60-41(25)28)45-58-43(23-15-11-21(12-16-23)19-7-3-1-4-8-19)57-44(59-45)24-17-13-22(14-18-24)20-9-5-2-6-10-20/h1-18H. The highest BCUT2D eigenvalue weighted by molar-refractivity contribution is 7.28. The lowest BCUT2D eigenvalue weighted by molar-refractivity contribution is 1.08. The third-order valence-electron chi connectivity index (χ3n) is 10.9. The molecule has 252 valence electrons. The van der Waals surface area contributed by atoms with E-state index in [0.717, 1.165) is 33.4 Å². The first-order valence-electron chi connectivity index (χ1n) is 18.6. The number of rotatable bonds is 6. The third-order valence-corrected chi connectivity index (χ3v) is 12.1. The maximum atomic E-state index is 7.16. The van der Waals surface area contributed by atoms with Crippen LogP contribution in [-0.4, -0.2) is 101 Å². The molecule has 0 aliphatic heterocycles. The Labute approximate surface area is 367 Å². The second-order valence-electron chi connectivity index (χ2n) is 14.4. The van der Waals surface area contributed by atoms with Crippen molar-refractivity contribution in [1.82, 2.24) is 15.0 Å². The molecule has 3 nitrogen and oxygen atoms in total. The van der Waals surface area contributed by atoms with Gasteiger partial charge < -0.3 is 0 Å². The first-order chi connectivity index (χ1) is 28.8. The molecule has 0 atom stereocenters. The monoisotopic (exact) mass is 753 g/mol. The van der Waals surface area contributed by atoms with Crippen molar-refractivity contribution in [3.8, 4) is 67.5 Å². The molecule has 0 N–H and O–H groups in total. The van der Waals surface area contributed by atoms with Crippen LogP contribution in [0.3, 0.4) is 0 Å². The normalized spacial score (nSPS) is 11.4. The van der Waals surface area contributed by atoms with Crippen LogP contribution in [0, 0.1) is 0 Å². The van der Waals surface area contributed by atoms with Crippen LogP contribution in [0.2, 0.25) is 0 Å². The molecule has 22 radical (unpaired) electrons. The molecule has 2 heterocycles. The van der Waals surface area contributed by atoms with E-state index in [9.17, 15) is 0 Å². The summed E-state index contributed by atoms with van der Waals surface area (Å²) in [5.74, 6) is 0.945. The van der Waals surface area contributed by atoms with E-state index >= 15 is 0 Å². The first-order valence-corrected chi connectivity index (χ1v) is 19.5. The number of hydrogen-bond donors (Lipinski definition) is 0. The van der Waals surface area contributed by atoms with Gasteiger partial charge in [0, 0.05) is 31.5 Å². The van der Waals surface area contributed by atoms with Crippen molar-refractivity contribution in [2.75, 3.05) is 0 Å². The summed E-state index contributed by atoms with van der Waals surface area (Å²) in [6.45, 7) is 0. The number of hydrogen-bond acceptors (Lipinski definition) is 4. The molecule has 0 unspecified atom stereocenters. The molecule has 0 aliphatic rings. The van der Waals surface area contributed by atoms with Crippen molar-refractivity contribution < 1.29 is 0 Å². The molecule has 0 saturated carbocycles. The molecule has 0 spiro atoms. The molecule has 0 fully saturated rings. The summed E-state index contributed by atoms with van der Waals surface area (Å²) in [4.78, 5) is 15.2. The van der Waals surface area contributed by atoms with Gasteiger partial charge in [0.05, 0.1) is 0 Å². The zero-order valence-corrected chi connectivity index (χ0v) is 32.8. The van der Waals surface area contributed by atoms with Gasteiger partial charge in [-0.05, 0) is 38.8 Å². The maximum Gasteiger partial charge on any atom is 0.164 e. The minimum absolute atomic E-state index is 0.0313. The molecule has 7 aromatic carbocycles. The maximum absolute atomic E-state index is 7.16. The fraction of sp³-hybridized carbons (Fsp3) is 0. The quantitative estimate of drug-likeness (QED) is 0.205. The van der Waals surface area contributed by atoms with Crippen LogP contribution in [-0.2, 0) is 0 Å². The van der Waals surface area contributed by atoms with Crippen LogP contribution in [0.5, 0.6) is 0 Å². The van der Waals surface area contributed by atoms with Crippen molar-refractivity contribution in [2.45, 2.75) is 0 Å². The van der Waals surface area contributed by atoms with Gasteiger partial charge >= 0.3 is 0 Å². The van der Waals surface area contributed by atoms with Gasteiger partial charge in [-0.1, -0.05) is 142 Å². The lowest BCUT2D eigenvalue weighted by Crippen LogP contribution is -2.55. The predicted octanol–water partition coefficient (Wildman–Crippen LogP) is -1.03. The van der Waals surface area contributed by atoms with Crippen molar-refractivity contribution in [2.24, 2.45) is 0 Å². The van der Waals surface area contributed by atoms with E-state index < -0.39 is 0 Å². The lowest BCUT2D eigenvalue weighted by atomic mass is 9.58. The lowest BCUT2D eigenvalue weighted by Gasteiger charge is -2.25. The van der Waals surface area contributed by atoms with Gasteiger partial charge in [-0.25, -0.2) is 15.0 Å². The van der Waals surface area contributed by atoms with Crippen LogP contribution in [0.15, 0.2) is 109 Å². The highest BCUT2D eigenvalue weighted by Gasteiger charge is 2.27. The van der Waals surface area contributed by atoms with Gasteiger partial charge in [-0.3, -0.25) is 0 Å². The van der Waals surface area contributed by atoms with Gasteiger partial charge in [-0.2, -0.15) is 0 Å². The topological polar surface area (TPSA) is 38.7 Å². The number of aromatic nitrogens is 3. The summed E-state index contributed by atoms with van der Waals surface area (Å²) < 4.78 is 1.03. The smallest absolute Gasteiger partial charge is 0.164 e. The minimum Gasteiger partial charge on any atom is -0.208 e. The average Bonchev–Trinajstić information content (AvgIpc) is 3.68. The molecular formula is C45H18B11N3S. The van der Waals surface area contributed by atoms with Gasteiger partial charge in [0.1, 0.15) is 86.3 Å². The Balaban J connectivity index is 1.37. The number of nitrogens with zero attached hydrogens (tertiary/aromatic N) is 3. The molecule has 60 heavy (non-hydrogen) atoms. The van der Waals surface area contributed by atoms with Crippen LogP contribution < -0.4 is 60.1 Å². The summed E-state index contributed by atoms with van der Waals surface area (Å²) in [6.07, 6.45) is 0. The molecule has 0 amide bonds. The molecule has 0 aliphatic carbocycles. The van der Waals surface area contributed by atoms with Crippen molar-refractivity contribution in [3.63, 3.8) is 0 Å². The molecule has 0 bridgehead atoms. The SMILES string of the molecule is [B]c1c([B])c([B])c(-c2c([B])c([B])c(-c3nc(-c4ccc(-c5ccccc5)cc4)nc(-c4ccc(-c5ccccc5)cc4)n3)c3c2sc2c([B])c([B])c([B])c([B])c23)c([B])c1[B]. The molecule has 0 saturated heterocycles.